The van der Waals surface area contributed by atoms with Gasteiger partial charge in [0.15, 0.2) is 5.69 Å². The molecule has 0 unspecified atom stereocenters. The fourth-order valence-electron chi connectivity index (χ4n) is 3.90. The Labute approximate surface area is 178 Å². The zero-order valence-corrected chi connectivity index (χ0v) is 18.6. The van der Waals surface area contributed by atoms with Crippen molar-refractivity contribution in [2.45, 2.75) is 58.9 Å². The minimum Gasteiger partial charge on any atom is -0.370 e. The van der Waals surface area contributed by atoms with Crippen LogP contribution in [-0.4, -0.2) is 34.7 Å². The minimum atomic E-state index is -0.230. The van der Waals surface area contributed by atoms with Crippen LogP contribution in [0.1, 0.15) is 69.6 Å². The van der Waals surface area contributed by atoms with E-state index in [1.165, 1.54) is 0 Å². The number of aromatic nitrogens is 2. The third-order valence-electron chi connectivity index (χ3n) is 5.59. The molecule has 7 nitrogen and oxygen atoms in total. The predicted octanol–water partition coefficient (Wildman–Crippen LogP) is 3.72. The normalized spacial score (nSPS) is 15.5. The number of hydrogen-bond donors (Lipinski definition) is 2. The number of carbonyl (C=O) groups excluding carboxylic acids is 2. The molecule has 3 N–H and O–H groups in total. The highest BCUT2D eigenvalue weighted by atomic mass is 16.2. The van der Waals surface area contributed by atoms with Crippen molar-refractivity contribution >= 4 is 23.2 Å². The molecule has 2 amide bonds. The van der Waals surface area contributed by atoms with Gasteiger partial charge >= 0.3 is 0 Å². The summed E-state index contributed by atoms with van der Waals surface area (Å²) in [5.74, 6) is -0.262. The second-order valence-corrected chi connectivity index (χ2v) is 9.33. The van der Waals surface area contributed by atoms with Gasteiger partial charge in [-0.05, 0) is 57.7 Å². The highest BCUT2D eigenvalue weighted by molar-refractivity contribution is 6.04. The third-order valence-corrected chi connectivity index (χ3v) is 5.59. The number of piperidine rings is 1. The van der Waals surface area contributed by atoms with Crippen LogP contribution in [0.4, 0.5) is 11.4 Å². The minimum absolute atomic E-state index is 0.0705. The Morgan fingerprint density at radius 3 is 2.33 bits per heavy atom. The first-order valence-electron chi connectivity index (χ1n) is 10.6. The quantitative estimate of drug-likeness (QED) is 0.784. The van der Waals surface area contributed by atoms with Gasteiger partial charge in [0.2, 0.25) is 5.91 Å². The molecule has 3 rings (SSSR count). The predicted molar refractivity (Wildman–Crippen MR) is 120 cm³/mol. The number of anilines is 2. The van der Waals surface area contributed by atoms with E-state index in [0.717, 1.165) is 43.0 Å². The van der Waals surface area contributed by atoms with Crippen molar-refractivity contribution < 1.29 is 9.59 Å². The standard InChI is InChI=1S/C23H33N5O2/c1-15(2)20-14-18(26-28(20)23(3,4)5)22(30)25-17-8-6-7-9-19(17)27-12-10-16(11-13-27)21(24)29/h6-9,14-16H,10-13H2,1-5H3,(H2,24,29)(H,25,30). The molecule has 30 heavy (non-hydrogen) atoms. The van der Waals surface area contributed by atoms with E-state index >= 15 is 0 Å². The van der Waals surface area contributed by atoms with E-state index in [1.807, 2.05) is 35.0 Å². The van der Waals surface area contributed by atoms with E-state index in [1.54, 1.807) is 0 Å². The number of nitrogens with two attached hydrogens (primary N) is 1. The summed E-state index contributed by atoms with van der Waals surface area (Å²) in [4.78, 5) is 26.7. The van der Waals surface area contributed by atoms with Gasteiger partial charge in [-0.25, -0.2) is 0 Å². The Balaban J connectivity index is 1.81. The molecule has 0 atom stereocenters. The number of rotatable bonds is 5. The number of nitrogens with one attached hydrogen (secondary N) is 1. The van der Waals surface area contributed by atoms with Crippen LogP contribution in [0.15, 0.2) is 30.3 Å². The SMILES string of the molecule is CC(C)c1cc(C(=O)Nc2ccccc2N2CCC(C(N)=O)CC2)nn1C(C)(C)C. The van der Waals surface area contributed by atoms with E-state index < -0.39 is 0 Å². The van der Waals surface area contributed by atoms with Crippen LogP contribution in [0.25, 0.3) is 0 Å². The Kier molecular flexibility index (Phi) is 6.19. The van der Waals surface area contributed by atoms with Gasteiger partial charge < -0.3 is 16.0 Å². The molecule has 2 heterocycles. The summed E-state index contributed by atoms with van der Waals surface area (Å²) >= 11 is 0. The lowest BCUT2D eigenvalue weighted by molar-refractivity contribution is -0.122. The maximum absolute atomic E-state index is 13.0. The van der Waals surface area contributed by atoms with E-state index in [4.69, 9.17) is 5.73 Å². The van der Waals surface area contributed by atoms with Crippen molar-refractivity contribution in [3.8, 4) is 0 Å². The van der Waals surface area contributed by atoms with Crippen molar-refractivity contribution in [2.24, 2.45) is 11.7 Å². The average molecular weight is 412 g/mol. The van der Waals surface area contributed by atoms with Crippen molar-refractivity contribution in [1.82, 2.24) is 9.78 Å². The van der Waals surface area contributed by atoms with Crippen molar-refractivity contribution in [1.29, 1.82) is 0 Å². The van der Waals surface area contributed by atoms with Crippen LogP contribution in [-0.2, 0) is 10.3 Å². The highest BCUT2D eigenvalue weighted by Gasteiger charge is 2.26. The third kappa shape index (κ3) is 4.66. The average Bonchev–Trinajstić information content (AvgIpc) is 3.15. The van der Waals surface area contributed by atoms with Gasteiger partial charge in [-0.2, -0.15) is 5.10 Å². The zero-order chi connectivity index (χ0) is 22.1. The molecular weight excluding hydrogens is 378 g/mol. The Morgan fingerprint density at radius 1 is 1.17 bits per heavy atom. The number of primary amides is 1. The van der Waals surface area contributed by atoms with Gasteiger partial charge in [-0.1, -0.05) is 26.0 Å². The van der Waals surface area contributed by atoms with Gasteiger partial charge in [0.1, 0.15) is 0 Å². The molecule has 0 radical (unpaired) electrons. The van der Waals surface area contributed by atoms with Crippen LogP contribution in [0.2, 0.25) is 0 Å². The molecule has 0 saturated carbocycles. The summed E-state index contributed by atoms with van der Waals surface area (Å²) in [7, 11) is 0. The molecule has 7 heteroatoms. The summed E-state index contributed by atoms with van der Waals surface area (Å²) < 4.78 is 1.94. The molecular formula is C23H33N5O2. The van der Waals surface area contributed by atoms with E-state index in [0.29, 0.717) is 5.69 Å². The van der Waals surface area contributed by atoms with Crippen molar-refractivity contribution in [3.05, 3.63) is 41.7 Å². The van der Waals surface area contributed by atoms with Crippen LogP contribution in [0.5, 0.6) is 0 Å². The monoisotopic (exact) mass is 411 g/mol. The molecule has 162 valence electrons. The molecule has 1 aromatic heterocycles. The summed E-state index contributed by atoms with van der Waals surface area (Å²) in [5, 5.41) is 7.65. The van der Waals surface area contributed by atoms with Crippen molar-refractivity contribution in [3.63, 3.8) is 0 Å². The van der Waals surface area contributed by atoms with Crippen LogP contribution in [0, 0.1) is 5.92 Å². The molecule has 2 aromatic rings. The summed E-state index contributed by atoms with van der Waals surface area (Å²) in [6.07, 6.45) is 1.46. The Bertz CT molecular complexity index is 918. The van der Waals surface area contributed by atoms with Gasteiger partial charge in [0.25, 0.3) is 5.91 Å². The molecule has 1 fully saturated rings. The van der Waals surface area contributed by atoms with E-state index in [2.05, 4.69) is 49.9 Å². The van der Waals surface area contributed by atoms with Crippen molar-refractivity contribution in [2.75, 3.05) is 23.3 Å². The molecule has 0 spiro atoms. The van der Waals surface area contributed by atoms with E-state index in [9.17, 15) is 9.59 Å². The maximum Gasteiger partial charge on any atom is 0.276 e. The first-order valence-corrected chi connectivity index (χ1v) is 10.6. The van der Waals surface area contributed by atoms with Gasteiger partial charge in [-0.15, -0.1) is 0 Å². The fourth-order valence-corrected chi connectivity index (χ4v) is 3.90. The number of hydrogen-bond acceptors (Lipinski definition) is 4. The summed E-state index contributed by atoms with van der Waals surface area (Å²) in [6, 6.07) is 9.64. The first-order chi connectivity index (χ1) is 14.1. The molecule has 0 aliphatic carbocycles. The fraction of sp³-hybridized carbons (Fsp3) is 0.522. The lowest BCUT2D eigenvalue weighted by atomic mass is 9.96. The highest BCUT2D eigenvalue weighted by Crippen LogP contribution is 2.30. The molecule has 1 aliphatic heterocycles. The second-order valence-electron chi connectivity index (χ2n) is 9.33. The van der Waals surface area contributed by atoms with Crippen LogP contribution in [0.3, 0.4) is 0 Å². The van der Waals surface area contributed by atoms with Gasteiger partial charge in [0, 0.05) is 24.7 Å². The van der Waals surface area contributed by atoms with Crippen LogP contribution < -0.4 is 16.0 Å². The smallest absolute Gasteiger partial charge is 0.276 e. The zero-order valence-electron chi connectivity index (χ0n) is 18.6. The number of amides is 2. The largest absolute Gasteiger partial charge is 0.370 e. The topological polar surface area (TPSA) is 93.2 Å². The second kappa shape index (κ2) is 8.50. The lowest BCUT2D eigenvalue weighted by Gasteiger charge is -2.33. The number of carbonyl (C=O) groups is 2. The van der Waals surface area contributed by atoms with Gasteiger partial charge in [0.05, 0.1) is 16.9 Å². The number of para-hydroxylation sites is 2. The van der Waals surface area contributed by atoms with Gasteiger partial charge in [-0.3, -0.25) is 14.3 Å². The van der Waals surface area contributed by atoms with E-state index in [-0.39, 0.29) is 29.2 Å². The maximum atomic E-state index is 13.0. The first kappa shape index (κ1) is 21.9. The Hall–Kier alpha value is -2.83. The molecule has 1 aromatic carbocycles. The molecule has 0 bridgehead atoms. The lowest BCUT2D eigenvalue weighted by Crippen LogP contribution is -2.38. The van der Waals surface area contributed by atoms with Crippen LogP contribution >= 0.6 is 0 Å². The summed E-state index contributed by atoms with van der Waals surface area (Å²) in [5.41, 5.74) is 8.39. The Morgan fingerprint density at radius 2 is 1.80 bits per heavy atom. The summed E-state index contributed by atoms with van der Waals surface area (Å²) in [6.45, 7) is 11.9. The molecule has 1 saturated heterocycles. The number of benzene rings is 1. The molecule has 1 aliphatic rings. The number of nitrogens with zero attached hydrogens (tertiary/aromatic N) is 3.